The maximum atomic E-state index is 12.6. The lowest BCUT2D eigenvalue weighted by Crippen LogP contribution is -2.53. The Morgan fingerprint density at radius 1 is 1.09 bits per heavy atom. The minimum absolute atomic E-state index is 0.0295. The highest BCUT2D eigenvalue weighted by Crippen LogP contribution is 2.35. The van der Waals surface area contributed by atoms with E-state index in [0.717, 1.165) is 12.8 Å². The van der Waals surface area contributed by atoms with Crippen molar-refractivity contribution in [2.24, 2.45) is 0 Å². The van der Waals surface area contributed by atoms with E-state index < -0.39 is 0 Å². The zero-order valence-electron chi connectivity index (χ0n) is 14.0. The Morgan fingerprint density at radius 2 is 1.74 bits per heavy atom. The molecule has 0 bridgehead atoms. The highest BCUT2D eigenvalue weighted by molar-refractivity contribution is 5.78. The molecule has 1 aliphatic carbocycles. The summed E-state index contributed by atoms with van der Waals surface area (Å²) < 4.78 is 0. The van der Waals surface area contributed by atoms with Gasteiger partial charge in [-0.1, -0.05) is 24.3 Å². The molecule has 0 aromatic heterocycles. The third-order valence-electron chi connectivity index (χ3n) is 4.96. The van der Waals surface area contributed by atoms with Crippen molar-refractivity contribution >= 4 is 11.9 Å². The normalized spacial score (nSPS) is 20.3. The summed E-state index contributed by atoms with van der Waals surface area (Å²) >= 11 is 0. The van der Waals surface area contributed by atoms with Crippen LogP contribution in [0.3, 0.4) is 0 Å². The quantitative estimate of drug-likeness (QED) is 0.837. The van der Waals surface area contributed by atoms with Gasteiger partial charge < -0.3 is 14.7 Å². The summed E-state index contributed by atoms with van der Waals surface area (Å²) in [7, 11) is 3.52. The standard InChI is InChI=1S/C18H25N3O2/c1-19(2)18(23)21-11-9-20(10-12-21)17(22)13-15-8-7-14-5-3-4-6-16(14)15/h3-6,15H,7-13H2,1-2H3/t15-/m0/s1. The summed E-state index contributed by atoms with van der Waals surface area (Å²) in [5.41, 5.74) is 2.74. The lowest BCUT2D eigenvalue weighted by atomic mass is 9.97. The average Bonchev–Trinajstić information content (AvgIpc) is 2.97. The zero-order chi connectivity index (χ0) is 16.4. The van der Waals surface area contributed by atoms with Gasteiger partial charge in [0.2, 0.25) is 5.91 Å². The van der Waals surface area contributed by atoms with Crippen LogP contribution >= 0.6 is 0 Å². The third-order valence-corrected chi connectivity index (χ3v) is 4.96. The first-order valence-corrected chi connectivity index (χ1v) is 8.38. The zero-order valence-corrected chi connectivity index (χ0v) is 14.0. The van der Waals surface area contributed by atoms with Gasteiger partial charge in [-0.2, -0.15) is 0 Å². The van der Waals surface area contributed by atoms with Gasteiger partial charge in [-0.25, -0.2) is 4.79 Å². The Kier molecular flexibility index (Phi) is 4.55. The molecular formula is C18H25N3O2. The van der Waals surface area contributed by atoms with Crippen LogP contribution in [-0.2, 0) is 11.2 Å². The van der Waals surface area contributed by atoms with E-state index in [1.165, 1.54) is 11.1 Å². The predicted molar refractivity (Wildman–Crippen MR) is 89.4 cm³/mol. The average molecular weight is 315 g/mol. The Hall–Kier alpha value is -2.04. The van der Waals surface area contributed by atoms with Crippen LogP contribution in [0.2, 0.25) is 0 Å². The smallest absolute Gasteiger partial charge is 0.319 e. The number of rotatable bonds is 2. The molecule has 2 aliphatic rings. The number of hydrogen-bond acceptors (Lipinski definition) is 2. The molecule has 1 atom stereocenters. The molecule has 0 spiro atoms. The second kappa shape index (κ2) is 6.60. The number of aryl methyl sites for hydroxylation is 1. The first-order chi connectivity index (χ1) is 11.1. The number of amides is 3. The van der Waals surface area contributed by atoms with Crippen molar-refractivity contribution in [3.8, 4) is 0 Å². The van der Waals surface area contributed by atoms with E-state index >= 15 is 0 Å². The van der Waals surface area contributed by atoms with Gasteiger partial charge in [0.05, 0.1) is 0 Å². The summed E-state index contributed by atoms with van der Waals surface area (Å²) in [6.07, 6.45) is 2.75. The summed E-state index contributed by atoms with van der Waals surface area (Å²) in [6, 6.07) is 8.50. The van der Waals surface area contributed by atoms with Crippen molar-refractivity contribution in [1.82, 2.24) is 14.7 Å². The number of nitrogens with zero attached hydrogens (tertiary/aromatic N) is 3. The maximum absolute atomic E-state index is 12.6. The second-order valence-electron chi connectivity index (χ2n) is 6.68. The van der Waals surface area contributed by atoms with Gasteiger partial charge in [-0.3, -0.25) is 4.79 Å². The number of carbonyl (C=O) groups excluding carboxylic acids is 2. The fourth-order valence-electron chi connectivity index (χ4n) is 3.63. The molecule has 3 amide bonds. The van der Waals surface area contributed by atoms with Gasteiger partial charge in [0.15, 0.2) is 0 Å². The molecule has 0 N–H and O–H groups in total. The minimum atomic E-state index is 0.0295. The molecule has 124 valence electrons. The summed E-state index contributed by atoms with van der Waals surface area (Å²) in [5.74, 6) is 0.587. The maximum Gasteiger partial charge on any atom is 0.319 e. The molecule has 1 aromatic carbocycles. The number of fused-ring (bicyclic) bond motifs is 1. The Bertz CT molecular complexity index is 592. The molecule has 1 aromatic rings. The fourth-order valence-corrected chi connectivity index (χ4v) is 3.63. The first-order valence-electron chi connectivity index (χ1n) is 8.38. The Morgan fingerprint density at radius 3 is 2.43 bits per heavy atom. The van der Waals surface area contributed by atoms with E-state index in [1.807, 2.05) is 9.80 Å². The van der Waals surface area contributed by atoms with E-state index in [4.69, 9.17) is 0 Å². The van der Waals surface area contributed by atoms with Crippen molar-refractivity contribution in [2.75, 3.05) is 40.3 Å². The second-order valence-corrected chi connectivity index (χ2v) is 6.68. The largest absolute Gasteiger partial charge is 0.339 e. The van der Waals surface area contributed by atoms with Gasteiger partial charge in [-0.05, 0) is 29.9 Å². The highest BCUT2D eigenvalue weighted by atomic mass is 16.2. The van der Waals surface area contributed by atoms with Crippen molar-refractivity contribution in [3.63, 3.8) is 0 Å². The topological polar surface area (TPSA) is 43.9 Å². The molecule has 3 rings (SSSR count). The van der Waals surface area contributed by atoms with Crippen LogP contribution in [0.15, 0.2) is 24.3 Å². The van der Waals surface area contributed by atoms with Crippen LogP contribution < -0.4 is 0 Å². The molecule has 0 radical (unpaired) electrons. The molecule has 1 fully saturated rings. The van der Waals surface area contributed by atoms with E-state index in [9.17, 15) is 9.59 Å². The molecule has 1 aliphatic heterocycles. The van der Waals surface area contributed by atoms with Crippen molar-refractivity contribution < 1.29 is 9.59 Å². The van der Waals surface area contributed by atoms with Crippen LogP contribution in [0.5, 0.6) is 0 Å². The Balaban J connectivity index is 1.54. The van der Waals surface area contributed by atoms with Gasteiger partial charge in [-0.15, -0.1) is 0 Å². The molecule has 23 heavy (non-hydrogen) atoms. The molecule has 0 unspecified atom stereocenters. The van der Waals surface area contributed by atoms with Crippen molar-refractivity contribution in [2.45, 2.75) is 25.2 Å². The summed E-state index contributed by atoms with van der Waals surface area (Å²) in [6.45, 7) is 2.55. The molecule has 5 heteroatoms. The van der Waals surface area contributed by atoms with E-state index in [1.54, 1.807) is 19.0 Å². The summed E-state index contributed by atoms with van der Waals surface area (Å²) in [5, 5.41) is 0. The molecule has 1 saturated heterocycles. The van der Waals surface area contributed by atoms with Crippen LogP contribution in [0, 0.1) is 0 Å². The molecule has 5 nitrogen and oxygen atoms in total. The van der Waals surface area contributed by atoms with Gasteiger partial charge in [0, 0.05) is 46.7 Å². The lowest BCUT2D eigenvalue weighted by Gasteiger charge is -2.36. The van der Waals surface area contributed by atoms with Crippen LogP contribution in [-0.4, -0.2) is 66.9 Å². The van der Waals surface area contributed by atoms with Gasteiger partial charge >= 0.3 is 6.03 Å². The van der Waals surface area contributed by atoms with Crippen LogP contribution in [0.25, 0.3) is 0 Å². The van der Waals surface area contributed by atoms with Crippen molar-refractivity contribution in [1.29, 1.82) is 0 Å². The van der Waals surface area contributed by atoms with Gasteiger partial charge in [0.1, 0.15) is 0 Å². The third kappa shape index (κ3) is 3.33. The number of piperazine rings is 1. The molecule has 0 saturated carbocycles. The fraction of sp³-hybridized carbons (Fsp3) is 0.556. The molecule has 1 heterocycles. The number of hydrogen-bond donors (Lipinski definition) is 0. The number of benzene rings is 1. The van der Waals surface area contributed by atoms with Crippen LogP contribution in [0.1, 0.15) is 29.9 Å². The SMILES string of the molecule is CN(C)C(=O)N1CCN(C(=O)C[C@@H]2CCc3ccccc32)CC1. The van der Waals surface area contributed by atoms with E-state index in [0.29, 0.717) is 38.5 Å². The first kappa shape index (κ1) is 15.8. The van der Waals surface area contributed by atoms with Gasteiger partial charge in [0.25, 0.3) is 0 Å². The van der Waals surface area contributed by atoms with E-state index in [-0.39, 0.29) is 11.9 Å². The Labute approximate surface area is 137 Å². The summed E-state index contributed by atoms with van der Waals surface area (Å²) in [4.78, 5) is 29.8. The highest BCUT2D eigenvalue weighted by Gasteiger charge is 2.29. The number of carbonyl (C=O) groups is 2. The minimum Gasteiger partial charge on any atom is -0.339 e. The van der Waals surface area contributed by atoms with Crippen molar-refractivity contribution in [3.05, 3.63) is 35.4 Å². The van der Waals surface area contributed by atoms with E-state index in [2.05, 4.69) is 24.3 Å². The monoisotopic (exact) mass is 315 g/mol. The van der Waals surface area contributed by atoms with Crippen LogP contribution in [0.4, 0.5) is 4.79 Å². The lowest BCUT2D eigenvalue weighted by molar-refractivity contribution is -0.133. The number of urea groups is 1. The predicted octanol–water partition coefficient (Wildman–Crippen LogP) is 1.93. The molecular weight excluding hydrogens is 290 g/mol.